The second-order valence-corrected chi connectivity index (χ2v) is 6.13. The number of anilines is 1. The monoisotopic (exact) mass is 315 g/mol. The summed E-state index contributed by atoms with van der Waals surface area (Å²) >= 11 is 5.89. The number of nitrogens with zero attached hydrogens (tertiary/aromatic N) is 1. The van der Waals surface area contributed by atoms with Gasteiger partial charge in [-0.15, -0.1) is 0 Å². The lowest BCUT2D eigenvalue weighted by Gasteiger charge is -2.12. The summed E-state index contributed by atoms with van der Waals surface area (Å²) in [6, 6.07) is 4.75. The van der Waals surface area contributed by atoms with Crippen molar-refractivity contribution in [1.29, 1.82) is 0 Å². The molecule has 0 unspecified atom stereocenters. The van der Waals surface area contributed by atoms with Crippen LogP contribution >= 0.6 is 11.6 Å². The van der Waals surface area contributed by atoms with E-state index >= 15 is 0 Å². The van der Waals surface area contributed by atoms with E-state index in [4.69, 9.17) is 16.3 Å². The molecule has 0 aliphatic heterocycles. The largest absolute Gasteiger partial charge is 0.492 e. The molecule has 8 heteroatoms. The molecule has 2 aromatic rings. The predicted molar refractivity (Wildman–Crippen MR) is 76.8 cm³/mol. The van der Waals surface area contributed by atoms with Gasteiger partial charge in [-0.25, -0.2) is 8.42 Å². The number of aromatic amines is 1. The standard InChI is InChI=1S/C12H14ClN3O3S/c1-3-19-11-5-4-9(13)6-10(11)16-20(17,18)12-7-14-15-8(12)2/h4-7,16H,3H2,1-2H3,(H,14,15). The minimum absolute atomic E-state index is 0.0833. The van der Waals surface area contributed by atoms with Crippen LogP contribution in [-0.4, -0.2) is 25.2 Å². The first-order valence-electron chi connectivity index (χ1n) is 5.89. The van der Waals surface area contributed by atoms with Crippen molar-refractivity contribution in [3.8, 4) is 5.75 Å². The zero-order chi connectivity index (χ0) is 14.8. The Labute approximate surface area is 122 Å². The van der Waals surface area contributed by atoms with E-state index in [1.165, 1.54) is 12.3 Å². The van der Waals surface area contributed by atoms with E-state index in [9.17, 15) is 8.42 Å². The van der Waals surface area contributed by atoms with Crippen LogP contribution in [0.5, 0.6) is 5.75 Å². The van der Waals surface area contributed by atoms with Gasteiger partial charge in [0.2, 0.25) is 0 Å². The van der Waals surface area contributed by atoms with Gasteiger partial charge < -0.3 is 4.74 Å². The zero-order valence-electron chi connectivity index (χ0n) is 11.0. The molecule has 0 atom stereocenters. The van der Waals surface area contributed by atoms with Gasteiger partial charge in [0.05, 0.1) is 24.2 Å². The van der Waals surface area contributed by atoms with Crippen LogP contribution in [0.3, 0.4) is 0 Å². The maximum absolute atomic E-state index is 12.3. The van der Waals surface area contributed by atoms with Crippen molar-refractivity contribution >= 4 is 27.3 Å². The highest BCUT2D eigenvalue weighted by Gasteiger charge is 2.20. The lowest BCUT2D eigenvalue weighted by molar-refractivity contribution is 0.342. The van der Waals surface area contributed by atoms with Crippen molar-refractivity contribution in [2.24, 2.45) is 0 Å². The van der Waals surface area contributed by atoms with E-state index in [0.29, 0.717) is 28.8 Å². The Morgan fingerprint density at radius 3 is 2.80 bits per heavy atom. The fraction of sp³-hybridized carbons (Fsp3) is 0.250. The van der Waals surface area contributed by atoms with Gasteiger partial charge in [-0.2, -0.15) is 5.10 Å². The number of H-pyrrole nitrogens is 1. The first kappa shape index (κ1) is 14.7. The zero-order valence-corrected chi connectivity index (χ0v) is 12.5. The van der Waals surface area contributed by atoms with Crippen LogP contribution in [0.1, 0.15) is 12.6 Å². The summed E-state index contributed by atoms with van der Waals surface area (Å²) in [5.74, 6) is 0.418. The molecule has 0 saturated heterocycles. The highest BCUT2D eigenvalue weighted by Crippen LogP contribution is 2.30. The lowest BCUT2D eigenvalue weighted by Crippen LogP contribution is -2.14. The Balaban J connectivity index is 2.39. The first-order chi connectivity index (χ1) is 9.44. The summed E-state index contributed by atoms with van der Waals surface area (Å²) in [6.07, 6.45) is 1.25. The third-order valence-electron chi connectivity index (χ3n) is 2.56. The molecule has 0 radical (unpaired) electrons. The fourth-order valence-corrected chi connectivity index (χ4v) is 3.04. The molecule has 0 amide bonds. The van der Waals surface area contributed by atoms with Crippen LogP contribution < -0.4 is 9.46 Å². The SMILES string of the molecule is CCOc1ccc(Cl)cc1NS(=O)(=O)c1cn[nH]c1C. The van der Waals surface area contributed by atoms with Crippen molar-refractivity contribution in [3.63, 3.8) is 0 Å². The van der Waals surface area contributed by atoms with E-state index in [0.717, 1.165) is 0 Å². The molecule has 0 bridgehead atoms. The van der Waals surface area contributed by atoms with Gasteiger partial charge in [0.15, 0.2) is 0 Å². The van der Waals surface area contributed by atoms with Crippen LogP contribution in [0.15, 0.2) is 29.3 Å². The molecule has 6 nitrogen and oxygen atoms in total. The van der Waals surface area contributed by atoms with Gasteiger partial charge in [-0.05, 0) is 32.0 Å². The molecule has 0 saturated carbocycles. The third-order valence-corrected chi connectivity index (χ3v) is 4.27. The molecular formula is C12H14ClN3O3S. The number of hydrogen-bond donors (Lipinski definition) is 2. The number of aromatic nitrogens is 2. The van der Waals surface area contributed by atoms with Crippen molar-refractivity contribution < 1.29 is 13.2 Å². The number of benzene rings is 1. The second kappa shape index (κ2) is 5.72. The molecular weight excluding hydrogens is 302 g/mol. The average molecular weight is 316 g/mol. The topological polar surface area (TPSA) is 84.1 Å². The van der Waals surface area contributed by atoms with Gasteiger partial charge >= 0.3 is 0 Å². The van der Waals surface area contributed by atoms with Crippen molar-refractivity contribution in [2.75, 3.05) is 11.3 Å². The highest BCUT2D eigenvalue weighted by molar-refractivity contribution is 7.92. The smallest absolute Gasteiger partial charge is 0.265 e. The minimum Gasteiger partial charge on any atom is -0.492 e. The van der Waals surface area contributed by atoms with E-state index in [-0.39, 0.29) is 4.90 Å². The summed E-state index contributed by atoms with van der Waals surface area (Å²) in [6.45, 7) is 3.86. The lowest BCUT2D eigenvalue weighted by atomic mass is 10.3. The molecule has 20 heavy (non-hydrogen) atoms. The second-order valence-electron chi connectivity index (χ2n) is 4.04. The summed E-state index contributed by atoms with van der Waals surface area (Å²) < 4.78 is 32.4. The Hall–Kier alpha value is -1.73. The van der Waals surface area contributed by atoms with Gasteiger partial charge in [0, 0.05) is 5.02 Å². The molecule has 2 rings (SSSR count). The molecule has 0 spiro atoms. The third kappa shape index (κ3) is 3.05. The maximum Gasteiger partial charge on any atom is 0.265 e. The number of halogens is 1. The Morgan fingerprint density at radius 2 is 2.20 bits per heavy atom. The Bertz CT molecular complexity index is 712. The predicted octanol–water partition coefficient (Wildman–Crippen LogP) is 2.57. The fourth-order valence-electron chi connectivity index (χ4n) is 1.67. The number of rotatable bonds is 5. The summed E-state index contributed by atoms with van der Waals surface area (Å²) in [7, 11) is -3.74. The van der Waals surface area contributed by atoms with Crippen molar-refractivity contribution in [1.82, 2.24) is 10.2 Å². The first-order valence-corrected chi connectivity index (χ1v) is 7.75. The molecule has 1 aromatic carbocycles. The van der Waals surface area contributed by atoms with E-state index in [1.54, 1.807) is 19.1 Å². The molecule has 2 N–H and O–H groups in total. The summed E-state index contributed by atoms with van der Waals surface area (Å²) in [5.41, 5.74) is 0.748. The number of hydrogen-bond acceptors (Lipinski definition) is 4. The normalized spacial score (nSPS) is 11.3. The number of nitrogens with one attached hydrogen (secondary N) is 2. The van der Waals surface area contributed by atoms with E-state index in [2.05, 4.69) is 14.9 Å². The molecule has 108 valence electrons. The van der Waals surface area contributed by atoms with Crippen LogP contribution in [0.4, 0.5) is 5.69 Å². The van der Waals surface area contributed by atoms with Crippen LogP contribution in [0.25, 0.3) is 0 Å². The van der Waals surface area contributed by atoms with Gasteiger partial charge in [-0.3, -0.25) is 9.82 Å². The number of sulfonamides is 1. The van der Waals surface area contributed by atoms with Crippen molar-refractivity contribution in [2.45, 2.75) is 18.7 Å². The molecule has 0 aliphatic carbocycles. The van der Waals surface area contributed by atoms with Gasteiger partial charge in [0.1, 0.15) is 10.6 Å². The average Bonchev–Trinajstić information content (AvgIpc) is 2.79. The van der Waals surface area contributed by atoms with E-state index < -0.39 is 10.0 Å². The maximum atomic E-state index is 12.3. The van der Waals surface area contributed by atoms with Gasteiger partial charge in [0.25, 0.3) is 10.0 Å². The number of ether oxygens (including phenoxy) is 1. The molecule has 0 fully saturated rings. The number of aryl methyl sites for hydroxylation is 1. The van der Waals surface area contributed by atoms with Crippen LogP contribution in [0, 0.1) is 6.92 Å². The summed E-state index contributed by atoms with van der Waals surface area (Å²) in [5, 5.41) is 6.70. The summed E-state index contributed by atoms with van der Waals surface area (Å²) in [4.78, 5) is 0.0833. The van der Waals surface area contributed by atoms with Crippen LogP contribution in [-0.2, 0) is 10.0 Å². The minimum atomic E-state index is -3.74. The highest BCUT2D eigenvalue weighted by atomic mass is 35.5. The Kier molecular flexibility index (Phi) is 4.20. The molecule has 1 heterocycles. The van der Waals surface area contributed by atoms with Crippen LogP contribution in [0.2, 0.25) is 5.02 Å². The Morgan fingerprint density at radius 1 is 1.45 bits per heavy atom. The van der Waals surface area contributed by atoms with E-state index in [1.807, 2.05) is 6.92 Å². The molecule has 0 aliphatic rings. The quantitative estimate of drug-likeness (QED) is 0.888. The van der Waals surface area contributed by atoms with Gasteiger partial charge in [-0.1, -0.05) is 11.6 Å². The van der Waals surface area contributed by atoms with Crippen molar-refractivity contribution in [3.05, 3.63) is 35.1 Å². The molecule has 1 aromatic heterocycles.